The summed E-state index contributed by atoms with van der Waals surface area (Å²) in [5.41, 5.74) is -1.20. The van der Waals surface area contributed by atoms with Gasteiger partial charge in [0, 0.05) is 19.6 Å². The van der Waals surface area contributed by atoms with E-state index in [0.29, 0.717) is 26.2 Å². The number of carboxylic acids is 1. The van der Waals surface area contributed by atoms with Crippen LogP contribution in [-0.2, 0) is 11.3 Å². The molecule has 1 aliphatic carbocycles. The van der Waals surface area contributed by atoms with E-state index in [1.807, 2.05) is 0 Å². The minimum absolute atomic E-state index is 0.182. The van der Waals surface area contributed by atoms with Crippen molar-refractivity contribution in [2.75, 3.05) is 26.2 Å². The Hall–Kier alpha value is -2.84. The van der Waals surface area contributed by atoms with Gasteiger partial charge in [-0.1, -0.05) is 0 Å². The zero-order valence-electron chi connectivity index (χ0n) is 13.4. The molecule has 0 atom stereocenters. The molecule has 1 saturated heterocycles. The average molecular weight is 347 g/mol. The van der Waals surface area contributed by atoms with Crippen LogP contribution in [0, 0.1) is 0 Å². The van der Waals surface area contributed by atoms with Crippen LogP contribution in [0.3, 0.4) is 0 Å². The van der Waals surface area contributed by atoms with Crippen molar-refractivity contribution in [1.82, 2.24) is 14.4 Å². The van der Waals surface area contributed by atoms with Crippen LogP contribution in [-0.4, -0.2) is 69.2 Å². The van der Waals surface area contributed by atoms with Crippen LogP contribution in [0.15, 0.2) is 16.9 Å². The van der Waals surface area contributed by atoms with Crippen molar-refractivity contribution >= 4 is 18.0 Å². The van der Waals surface area contributed by atoms with Gasteiger partial charge in [-0.05, 0) is 25.0 Å². The molecular weight excluding hydrogens is 330 g/mol. The maximum Gasteiger partial charge on any atom is 0.410 e. The highest BCUT2D eigenvalue weighted by Crippen LogP contribution is 2.44. The molecular formula is C16H17N3O6. The molecule has 0 bridgehead atoms. The molecule has 1 saturated carbocycles. The highest BCUT2D eigenvalue weighted by Gasteiger charge is 2.54. The second-order valence-corrected chi connectivity index (χ2v) is 6.61. The number of cyclic esters (lactones) is 1. The summed E-state index contributed by atoms with van der Waals surface area (Å²) in [7, 11) is 0. The predicted octanol–water partition coefficient (Wildman–Crippen LogP) is -0.0129. The molecule has 1 aromatic heterocycles. The van der Waals surface area contributed by atoms with E-state index in [-0.39, 0.29) is 35.3 Å². The molecule has 2 fully saturated rings. The van der Waals surface area contributed by atoms with Crippen LogP contribution < -0.4 is 5.56 Å². The van der Waals surface area contributed by atoms with Gasteiger partial charge in [-0.3, -0.25) is 14.5 Å². The Bertz CT molecular complexity index is 841. The number of fused-ring (bicyclic) bond motifs is 1. The fourth-order valence-electron chi connectivity index (χ4n) is 3.62. The first-order valence-corrected chi connectivity index (χ1v) is 8.14. The molecule has 0 spiro atoms. The van der Waals surface area contributed by atoms with Crippen molar-refractivity contribution in [1.29, 1.82) is 0 Å². The number of carbonyl (C=O) groups excluding carboxylic acids is 2. The van der Waals surface area contributed by atoms with Gasteiger partial charge in [0.2, 0.25) is 0 Å². The largest absolute Gasteiger partial charge is 0.477 e. The average Bonchev–Trinajstić information content (AvgIpc) is 3.22. The van der Waals surface area contributed by atoms with E-state index in [9.17, 15) is 19.2 Å². The van der Waals surface area contributed by atoms with Crippen LogP contribution in [0.25, 0.3) is 0 Å². The Kier molecular flexibility index (Phi) is 3.34. The number of aromatic carboxylic acids is 1. The van der Waals surface area contributed by atoms with Gasteiger partial charge >= 0.3 is 12.1 Å². The third kappa shape index (κ3) is 2.38. The summed E-state index contributed by atoms with van der Waals surface area (Å²) in [5.74, 6) is -1.63. The third-order valence-corrected chi connectivity index (χ3v) is 5.15. The molecule has 0 aromatic carbocycles. The molecule has 0 unspecified atom stereocenters. The van der Waals surface area contributed by atoms with E-state index in [0.717, 1.165) is 12.8 Å². The number of pyridine rings is 1. The first-order chi connectivity index (χ1) is 11.9. The van der Waals surface area contributed by atoms with Gasteiger partial charge in [0.1, 0.15) is 17.9 Å². The molecule has 9 nitrogen and oxygen atoms in total. The smallest absolute Gasteiger partial charge is 0.410 e. The minimum atomic E-state index is -1.31. The third-order valence-electron chi connectivity index (χ3n) is 5.15. The highest BCUT2D eigenvalue weighted by molar-refractivity contribution is 5.94. The highest BCUT2D eigenvalue weighted by atomic mass is 16.6. The zero-order chi connectivity index (χ0) is 17.8. The van der Waals surface area contributed by atoms with E-state index < -0.39 is 11.5 Å². The summed E-state index contributed by atoms with van der Waals surface area (Å²) >= 11 is 0. The molecule has 9 heteroatoms. The van der Waals surface area contributed by atoms with Gasteiger partial charge in [-0.25, -0.2) is 9.59 Å². The lowest BCUT2D eigenvalue weighted by atomic mass is 10.1. The predicted molar refractivity (Wildman–Crippen MR) is 83.6 cm³/mol. The number of hydrogen-bond acceptors (Lipinski definition) is 5. The molecule has 2 amide bonds. The molecule has 0 radical (unpaired) electrons. The maximum absolute atomic E-state index is 12.7. The molecule has 3 aliphatic rings. The van der Waals surface area contributed by atoms with E-state index in [4.69, 9.17) is 9.84 Å². The van der Waals surface area contributed by atoms with E-state index in [1.54, 1.807) is 9.80 Å². The van der Waals surface area contributed by atoms with Gasteiger partial charge < -0.3 is 19.3 Å². The number of nitrogens with zero attached hydrogens (tertiary/aromatic N) is 3. The zero-order valence-corrected chi connectivity index (χ0v) is 13.4. The molecule has 2 aliphatic heterocycles. The Morgan fingerprint density at radius 3 is 2.52 bits per heavy atom. The standard InChI is InChI=1S/C16H17N3O6/c20-12-10(14(22)23)1-2-11-13(21)17(5-6-18(11)12)9-16(3-4-16)19-7-8-25-15(19)24/h1-2H,3-9H2,(H,22,23). The summed E-state index contributed by atoms with van der Waals surface area (Å²) in [6.45, 7) is 1.83. The SMILES string of the molecule is O=C(O)c1ccc2n(c1=O)CCN(CC1(N3CCOC3=O)CC1)C2=O. The van der Waals surface area contributed by atoms with E-state index in [2.05, 4.69) is 0 Å². The van der Waals surface area contributed by atoms with Crippen molar-refractivity contribution in [3.63, 3.8) is 0 Å². The number of aromatic nitrogens is 1. The number of rotatable bonds is 4. The van der Waals surface area contributed by atoms with Crippen molar-refractivity contribution in [2.45, 2.75) is 24.9 Å². The van der Waals surface area contributed by atoms with Gasteiger partial charge in [-0.2, -0.15) is 0 Å². The molecule has 25 heavy (non-hydrogen) atoms. The summed E-state index contributed by atoms with van der Waals surface area (Å²) in [5, 5.41) is 9.03. The Labute approximate surface area is 142 Å². The number of carboxylic acid groups (broad SMARTS) is 1. The van der Waals surface area contributed by atoms with Crippen LogP contribution in [0.4, 0.5) is 4.79 Å². The summed E-state index contributed by atoms with van der Waals surface area (Å²) in [6.07, 6.45) is 1.29. The van der Waals surface area contributed by atoms with Gasteiger partial charge in [0.05, 0.1) is 12.1 Å². The Balaban J connectivity index is 1.58. The van der Waals surface area contributed by atoms with Crippen LogP contribution in [0.2, 0.25) is 0 Å². The normalized spacial score (nSPS) is 21.1. The number of ether oxygens (including phenoxy) is 1. The second-order valence-electron chi connectivity index (χ2n) is 6.61. The molecule has 1 aromatic rings. The van der Waals surface area contributed by atoms with Crippen molar-refractivity contribution < 1.29 is 24.2 Å². The minimum Gasteiger partial charge on any atom is -0.477 e. The summed E-state index contributed by atoms with van der Waals surface area (Å²) < 4.78 is 6.21. The quantitative estimate of drug-likeness (QED) is 0.820. The maximum atomic E-state index is 12.7. The van der Waals surface area contributed by atoms with Crippen LogP contribution >= 0.6 is 0 Å². The monoisotopic (exact) mass is 347 g/mol. The van der Waals surface area contributed by atoms with E-state index in [1.165, 1.54) is 16.7 Å². The lowest BCUT2D eigenvalue weighted by Gasteiger charge is -2.35. The van der Waals surface area contributed by atoms with Crippen molar-refractivity contribution in [3.05, 3.63) is 33.7 Å². The molecule has 132 valence electrons. The fourth-order valence-corrected chi connectivity index (χ4v) is 3.62. The first kappa shape index (κ1) is 15.7. The topological polar surface area (TPSA) is 109 Å². The van der Waals surface area contributed by atoms with E-state index >= 15 is 0 Å². The van der Waals surface area contributed by atoms with Crippen molar-refractivity contribution in [2.24, 2.45) is 0 Å². The van der Waals surface area contributed by atoms with Crippen molar-refractivity contribution in [3.8, 4) is 0 Å². The molecule has 1 N–H and O–H groups in total. The lowest BCUT2D eigenvalue weighted by Crippen LogP contribution is -2.52. The van der Waals surface area contributed by atoms with Gasteiger partial charge in [0.15, 0.2) is 0 Å². The second kappa shape index (κ2) is 5.33. The van der Waals surface area contributed by atoms with Gasteiger partial charge in [0.25, 0.3) is 11.5 Å². The summed E-state index contributed by atoms with van der Waals surface area (Å²) in [4.78, 5) is 51.2. The fraction of sp³-hybridized carbons (Fsp3) is 0.500. The lowest BCUT2D eigenvalue weighted by molar-refractivity contribution is 0.0616. The Morgan fingerprint density at radius 1 is 1.16 bits per heavy atom. The molecule has 4 rings (SSSR count). The number of hydrogen-bond donors (Lipinski definition) is 1. The summed E-state index contributed by atoms with van der Waals surface area (Å²) in [6, 6.07) is 2.55. The number of carbonyl (C=O) groups is 3. The first-order valence-electron chi connectivity index (χ1n) is 8.14. The van der Waals surface area contributed by atoms with Crippen LogP contribution in [0.1, 0.15) is 33.7 Å². The number of amides is 2. The van der Waals surface area contributed by atoms with Crippen LogP contribution in [0.5, 0.6) is 0 Å². The Morgan fingerprint density at radius 2 is 1.92 bits per heavy atom. The van der Waals surface area contributed by atoms with Gasteiger partial charge in [-0.15, -0.1) is 0 Å². The molecule has 3 heterocycles.